The Labute approximate surface area is 190 Å². The maximum Gasteiger partial charge on any atom is 0.410 e. The van der Waals surface area contributed by atoms with Crippen molar-refractivity contribution in [3.63, 3.8) is 0 Å². The van der Waals surface area contributed by atoms with Crippen LogP contribution in [0.1, 0.15) is 66.9 Å². The maximum atomic E-state index is 12.5. The zero-order valence-corrected chi connectivity index (χ0v) is 20.6. The zero-order chi connectivity index (χ0) is 23.2. The number of nitrogens with zero attached hydrogens (tertiary/aromatic N) is 2. The van der Waals surface area contributed by atoms with E-state index in [9.17, 15) is 4.79 Å². The fourth-order valence-corrected chi connectivity index (χ4v) is 3.71. The van der Waals surface area contributed by atoms with E-state index >= 15 is 0 Å². The van der Waals surface area contributed by atoms with Crippen molar-refractivity contribution in [2.45, 2.75) is 91.1 Å². The molecule has 1 aromatic carbocycles. The van der Waals surface area contributed by atoms with Gasteiger partial charge in [0.05, 0.1) is 6.54 Å². The Morgan fingerprint density at radius 2 is 1.77 bits per heavy atom. The number of rotatable bonds is 3. The molecular formula is C23H35ClN2O5. The van der Waals surface area contributed by atoms with Crippen molar-refractivity contribution >= 4 is 23.4 Å². The van der Waals surface area contributed by atoms with Gasteiger partial charge in [-0.3, -0.25) is 0 Å². The first-order valence-corrected chi connectivity index (χ1v) is 11.2. The van der Waals surface area contributed by atoms with Crippen LogP contribution >= 0.6 is 11.6 Å². The van der Waals surface area contributed by atoms with E-state index < -0.39 is 16.8 Å². The number of hydrogen-bond donors (Lipinski definition) is 0. The van der Waals surface area contributed by atoms with Crippen molar-refractivity contribution < 1.29 is 23.9 Å². The van der Waals surface area contributed by atoms with Crippen molar-refractivity contribution in [2.24, 2.45) is 0 Å². The Balaban J connectivity index is 1.81. The summed E-state index contributed by atoms with van der Waals surface area (Å²) in [5.41, 5.74) is -0.142. The lowest BCUT2D eigenvalue weighted by molar-refractivity contribution is -0.0296. The number of carbonyl (C=O) groups excluding carboxylic acids is 1. The van der Waals surface area contributed by atoms with Gasteiger partial charge in [-0.2, -0.15) is 0 Å². The zero-order valence-electron chi connectivity index (χ0n) is 19.9. The lowest BCUT2D eigenvalue weighted by Gasteiger charge is -2.35. The van der Waals surface area contributed by atoms with E-state index in [2.05, 4.69) is 0 Å². The molecule has 1 aromatic rings. The van der Waals surface area contributed by atoms with Crippen LogP contribution in [-0.2, 0) is 14.4 Å². The summed E-state index contributed by atoms with van der Waals surface area (Å²) >= 11 is 6.35. The van der Waals surface area contributed by atoms with Crippen molar-refractivity contribution in [1.29, 1.82) is 0 Å². The summed E-state index contributed by atoms with van der Waals surface area (Å²) in [6.45, 7) is 16.6. The Morgan fingerprint density at radius 1 is 1.16 bits per heavy atom. The highest BCUT2D eigenvalue weighted by atomic mass is 35.5. The first kappa shape index (κ1) is 24.0. The second kappa shape index (κ2) is 8.34. The number of piperidine rings is 1. The highest BCUT2D eigenvalue weighted by Gasteiger charge is 2.50. The molecule has 7 nitrogen and oxygen atoms in total. The van der Waals surface area contributed by atoms with Gasteiger partial charge in [0.2, 0.25) is 0 Å². The number of amides is 1. The second-order valence-electron chi connectivity index (χ2n) is 10.3. The van der Waals surface area contributed by atoms with Crippen LogP contribution in [0.5, 0.6) is 5.75 Å². The van der Waals surface area contributed by atoms with Crippen LogP contribution in [0.4, 0.5) is 10.5 Å². The van der Waals surface area contributed by atoms with E-state index in [-0.39, 0.29) is 12.2 Å². The first-order valence-electron chi connectivity index (χ1n) is 10.8. The normalized spacial score (nSPS) is 23.1. The number of aryl methyl sites for hydroxylation is 1. The smallest absolute Gasteiger partial charge is 0.410 e. The molecule has 0 aliphatic carbocycles. The number of benzene rings is 1. The molecule has 2 fully saturated rings. The Bertz CT molecular complexity index is 818. The monoisotopic (exact) mass is 454 g/mol. The number of likely N-dealkylation sites (tertiary alicyclic amines) is 1. The van der Waals surface area contributed by atoms with Gasteiger partial charge in [0.15, 0.2) is 5.75 Å². The van der Waals surface area contributed by atoms with Gasteiger partial charge in [0.1, 0.15) is 28.6 Å². The molecule has 0 unspecified atom stereocenters. The number of carbonyl (C=O) groups is 1. The average molecular weight is 455 g/mol. The van der Waals surface area contributed by atoms with Crippen molar-refractivity contribution in [2.75, 3.05) is 18.3 Å². The molecule has 3 rings (SSSR count). The molecule has 2 aliphatic heterocycles. The van der Waals surface area contributed by atoms with Crippen LogP contribution in [0.25, 0.3) is 0 Å². The standard InChI is InChI=1S/C23H35ClN2O5/c1-15-12-16(24)13-18(26-30-22(5,6)23(7,8)31-26)19(15)28-17-10-9-11-25(14-17)20(27)29-21(2,3)4/h12-13,17H,9-11,14H2,1-8H3/t17-/m0/s1. The molecular weight excluding hydrogens is 420 g/mol. The van der Waals surface area contributed by atoms with Gasteiger partial charge >= 0.3 is 6.09 Å². The first-order chi connectivity index (χ1) is 14.2. The summed E-state index contributed by atoms with van der Waals surface area (Å²) in [4.78, 5) is 26.4. The van der Waals surface area contributed by atoms with Gasteiger partial charge in [-0.15, -0.1) is 5.23 Å². The second-order valence-corrected chi connectivity index (χ2v) is 10.8. The molecule has 0 spiro atoms. The SMILES string of the molecule is Cc1cc(Cl)cc(N2OC(C)(C)C(C)(C)O2)c1O[C@H]1CCCN(C(=O)OC(C)(C)C)C1. The fraction of sp³-hybridized carbons (Fsp3) is 0.696. The minimum absolute atomic E-state index is 0.177. The van der Waals surface area contributed by atoms with Crippen LogP contribution in [-0.4, -0.2) is 47.0 Å². The van der Waals surface area contributed by atoms with E-state index in [0.29, 0.717) is 29.5 Å². The summed E-state index contributed by atoms with van der Waals surface area (Å²) in [6, 6.07) is 3.62. The number of anilines is 1. The Hall–Kier alpha value is -1.70. The van der Waals surface area contributed by atoms with E-state index in [1.54, 1.807) is 11.0 Å². The Kier molecular flexibility index (Phi) is 6.44. The average Bonchev–Trinajstić information content (AvgIpc) is 2.83. The summed E-state index contributed by atoms with van der Waals surface area (Å²) < 4.78 is 12.0. The number of ether oxygens (including phenoxy) is 2. The Morgan fingerprint density at radius 3 is 2.35 bits per heavy atom. The van der Waals surface area contributed by atoms with Crippen LogP contribution < -0.4 is 9.96 Å². The lowest BCUT2D eigenvalue weighted by Crippen LogP contribution is -2.46. The maximum absolute atomic E-state index is 12.5. The van der Waals surface area contributed by atoms with Crippen molar-refractivity contribution in [3.8, 4) is 5.75 Å². The lowest BCUT2D eigenvalue weighted by atomic mass is 9.90. The number of halogens is 1. The molecule has 0 radical (unpaired) electrons. The van der Waals surface area contributed by atoms with Crippen LogP contribution in [0.3, 0.4) is 0 Å². The van der Waals surface area contributed by atoms with Crippen LogP contribution in [0, 0.1) is 6.92 Å². The molecule has 1 atom stereocenters. The minimum atomic E-state index is -0.543. The van der Waals surface area contributed by atoms with E-state index in [4.69, 9.17) is 30.7 Å². The third kappa shape index (κ3) is 5.38. The molecule has 31 heavy (non-hydrogen) atoms. The summed E-state index contributed by atoms with van der Waals surface area (Å²) in [6.07, 6.45) is 1.18. The molecule has 174 valence electrons. The number of hydrogen-bond acceptors (Lipinski definition) is 6. The van der Waals surface area contributed by atoms with Gasteiger partial charge in [-0.05, 0) is 85.9 Å². The topological polar surface area (TPSA) is 60.5 Å². The third-order valence-corrected chi connectivity index (χ3v) is 6.02. The van der Waals surface area contributed by atoms with Crippen LogP contribution in [0.2, 0.25) is 5.02 Å². The quantitative estimate of drug-likeness (QED) is 0.586. The summed E-state index contributed by atoms with van der Waals surface area (Å²) in [7, 11) is 0. The highest BCUT2D eigenvalue weighted by Crippen LogP contribution is 2.45. The molecule has 2 saturated heterocycles. The van der Waals surface area contributed by atoms with Gasteiger partial charge < -0.3 is 14.4 Å². The highest BCUT2D eigenvalue weighted by molar-refractivity contribution is 6.31. The molecule has 2 aliphatic rings. The summed E-state index contributed by atoms with van der Waals surface area (Å²) in [5, 5.41) is 1.97. The predicted molar refractivity (Wildman–Crippen MR) is 120 cm³/mol. The van der Waals surface area contributed by atoms with Crippen molar-refractivity contribution in [1.82, 2.24) is 4.90 Å². The van der Waals surface area contributed by atoms with Crippen LogP contribution in [0.15, 0.2) is 12.1 Å². The van der Waals surface area contributed by atoms with E-state index in [1.807, 2.05) is 61.5 Å². The molecule has 0 N–H and O–H groups in total. The molecule has 0 bridgehead atoms. The fourth-order valence-electron chi connectivity index (χ4n) is 3.45. The van der Waals surface area contributed by atoms with E-state index in [1.165, 1.54) is 5.23 Å². The third-order valence-electron chi connectivity index (χ3n) is 5.80. The molecule has 8 heteroatoms. The minimum Gasteiger partial charge on any atom is -0.486 e. The van der Waals surface area contributed by atoms with Gasteiger partial charge in [-0.1, -0.05) is 11.6 Å². The molecule has 0 saturated carbocycles. The molecule has 1 amide bonds. The molecule has 0 aromatic heterocycles. The summed E-state index contributed by atoms with van der Waals surface area (Å²) in [5.74, 6) is 0.633. The molecule has 2 heterocycles. The largest absolute Gasteiger partial charge is 0.486 e. The van der Waals surface area contributed by atoms with Gasteiger partial charge in [0, 0.05) is 11.6 Å². The van der Waals surface area contributed by atoms with Gasteiger partial charge in [0.25, 0.3) is 0 Å². The van der Waals surface area contributed by atoms with Crippen molar-refractivity contribution in [3.05, 3.63) is 22.7 Å². The van der Waals surface area contributed by atoms with E-state index in [0.717, 1.165) is 18.4 Å². The predicted octanol–water partition coefficient (Wildman–Crippen LogP) is 5.67. The van der Waals surface area contributed by atoms with Gasteiger partial charge in [-0.25, -0.2) is 14.5 Å².